The molecular formula is C14H29IOSi. The predicted molar refractivity (Wildman–Crippen MR) is 89.2 cm³/mol. The van der Waals surface area contributed by atoms with E-state index in [0.717, 1.165) is 3.77 Å². The highest BCUT2D eigenvalue weighted by Gasteiger charge is 2.22. The topological polar surface area (TPSA) is 9.23 Å². The highest BCUT2D eigenvalue weighted by Crippen LogP contribution is 2.33. The number of unbranched alkanes of at least 4 members (excludes halogenated alkanes) is 2. The summed E-state index contributed by atoms with van der Waals surface area (Å²) < 4.78 is 6.98. The van der Waals surface area contributed by atoms with Crippen LogP contribution >= 0.6 is 22.6 Å². The zero-order valence-corrected chi connectivity index (χ0v) is 15.7. The molecule has 17 heavy (non-hydrogen) atoms. The third-order valence-electron chi connectivity index (χ3n) is 2.91. The average Bonchev–Trinajstić information content (AvgIpc) is 2.13. The molecule has 0 spiro atoms. The normalized spacial score (nSPS) is 15.2. The summed E-state index contributed by atoms with van der Waals surface area (Å²) in [5.74, 6) is 0.633. The molecule has 0 aliphatic carbocycles. The SMILES string of the molecule is CCCCCC(C=C(I)O[SiH](C)C)C(C)(C)C. The second-order valence-corrected chi connectivity index (χ2v) is 9.50. The largest absolute Gasteiger partial charge is 0.543 e. The molecular weight excluding hydrogens is 339 g/mol. The Kier molecular flexibility index (Phi) is 8.81. The van der Waals surface area contributed by atoms with Gasteiger partial charge in [0, 0.05) is 0 Å². The maximum absolute atomic E-state index is 5.87. The minimum atomic E-state index is -0.950. The quantitative estimate of drug-likeness (QED) is 0.249. The fourth-order valence-electron chi connectivity index (χ4n) is 1.80. The molecule has 0 aromatic carbocycles. The van der Waals surface area contributed by atoms with Gasteiger partial charge in [-0.2, -0.15) is 0 Å². The molecule has 0 saturated heterocycles. The molecule has 0 N–H and O–H groups in total. The van der Waals surface area contributed by atoms with E-state index in [2.05, 4.69) is 69.5 Å². The highest BCUT2D eigenvalue weighted by molar-refractivity contribution is 14.1. The third kappa shape index (κ3) is 9.11. The number of hydrogen-bond donors (Lipinski definition) is 0. The van der Waals surface area contributed by atoms with Gasteiger partial charge in [0.25, 0.3) is 0 Å². The van der Waals surface area contributed by atoms with Crippen LogP contribution in [-0.4, -0.2) is 9.04 Å². The maximum atomic E-state index is 5.87. The molecule has 0 saturated carbocycles. The van der Waals surface area contributed by atoms with Gasteiger partial charge in [-0.1, -0.05) is 47.0 Å². The fourth-order valence-corrected chi connectivity index (χ4v) is 4.29. The standard InChI is InChI=1S/C14H29IOSi/c1-7-8-9-10-12(14(2,3)4)11-13(15)16-17(5)6/h11-12,17H,7-10H2,1-6H3. The molecule has 0 fully saturated rings. The molecule has 1 nitrogen and oxygen atoms in total. The summed E-state index contributed by atoms with van der Waals surface area (Å²) in [4.78, 5) is 0. The molecule has 0 radical (unpaired) electrons. The number of halogens is 1. The van der Waals surface area contributed by atoms with Gasteiger partial charge in [0.05, 0.1) is 0 Å². The van der Waals surface area contributed by atoms with Crippen LogP contribution in [0.15, 0.2) is 9.84 Å². The Balaban J connectivity index is 4.48. The van der Waals surface area contributed by atoms with E-state index >= 15 is 0 Å². The number of rotatable bonds is 7. The Labute approximate surface area is 123 Å². The summed E-state index contributed by atoms with van der Waals surface area (Å²) in [5, 5.41) is 0. The van der Waals surface area contributed by atoms with Crippen LogP contribution in [-0.2, 0) is 4.43 Å². The van der Waals surface area contributed by atoms with Gasteiger partial charge < -0.3 is 4.43 Å². The first-order valence-electron chi connectivity index (χ1n) is 6.81. The van der Waals surface area contributed by atoms with Crippen molar-refractivity contribution in [2.75, 3.05) is 0 Å². The van der Waals surface area contributed by atoms with Gasteiger partial charge in [-0.15, -0.1) is 0 Å². The van der Waals surface area contributed by atoms with Crippen LogP contribution < -0.4 is 0 Å². The van der Waals surface area contributed by atoms with Gasteiger partial charge in [0.15, 0.2) is 0 Å². The van der Waals surface area contributed by atoms with Crippen molar-refractivity contribution < 1.29 is 4.43 Å². The Morgan fingerprint density at radius 2 is 1.88 bits per heavy atom. The zero-order chi connectivity index (χ0) is 13.5. The van der Waals surface area contributed by atoms with Crippen LogP contribution in [0.3, 0.4) is 0 Å². The van der Waals surface area contributed by atoms with Gasteiger partial charge in [-0.3, -0.25) is 0 Å². The maximum Gasteiger partial charge on any atom is 0.230 e. The van der Waals surface area contributed by atoms with Crippen LogP contribution in [0.2, 0.25) is 13.1 Å². The lowest BCUT2D eigenvalue weighted by molar-refractivity contribution is 0.267. The van der Waals surface area contributed by atoms with E-state index in [-0.39, 0.29) is 0 Å². The lowest BCUT2D eigenvalue weighted by atomic mass is 9.78. The van der Waals surface area contributed by atoms with E-state index in [0.29, 0.717) is 11.3 Å². The first-order chi connectivity index (χ1) is 7.77. The molecule has 0 rings (SSSR count). The van der Waals surface area contributed by atoms with Gasteiger partial charge in [-0.25, -0.2) is 0 Å². The first-order valence-corrected chi connectivity index (χ1v) is 10.7. The zero-order valence-electron chi connectivity index (χ0n) is 12.3. The minimum absolute atomic E-state index is 0.339. The van der Waals surface area contributed by atoms with Crippen LogP contribution in [0.25, 0.3) is 0 Å². The molecule has 0 heterocycles. The van der Waals surface area contributed by atoms with E-state index in [1.165, 1.54) is 25.7 Å². The smallest absolute Gasteiger partial charge is 0.230 e. The molecule has 3 heteroatoms. The third-order valence-corrected chi connectivity index (χ3v) is 4.73. The summed E-state index contributed by atoms with van der Waals surface area (Å²) >= 11 is 2.35. The Morgan fingerprint density at radius 3 is 2.29 bits per heavy atom. The second-order valence-electron chi connectivity index (χ2n) is 6.11. The summed E-state index contributed by atoms with van der Waals surface area (Å²) in [6.45, 7) is 13.7. The lowest BCUT2D eigenvalue weighted by Gasteiger charge is -2.29. The lowest BCUT2D eigenvalue weighted by Crippen LogP contribution is -2.19. The van der Waals surface area contributed by atoms with E-state index in [4.69, 9.17) is 4.43 Å². The van der Waals surface area contributed by atoms with Crippen molar-refractivity contribution in [1.29, 1.82) is 0 Å². The van der Waals surface area contributed by atoms with Crippen molar-refractivity contribution in [3.63, 3.8) is 0 Å². The van der Waals surface area contributed by atoms with Gasteiger partial charge in [0.2, 0.25) is 9.04 Å². The molecule has 0 bridgehead atoms. The molecule has 0 aromatic heterocycles. The molecule has 102 valence electrons. The van der Waals surface area contributed by atoms with Crippen LogP contribution in [0.5, 0.6) is 0 Å². The fraction of sp³-hybridized carbons (Fsp3) is 0.857. The summed E-state index contributed by atoms with van der Waals surface area (Å²) in [7, 11) is -0.950. The van der Waals surface area contributed by atoms with Crippen LogP contribution in [0.4, 0.5) is 0 Å². The van der Waals surface area contributed by atoms with E-state index in [1.54, 1.807) is 0 Å². The van der Waals surface area contributed by atoms with Crippen molar-refractivity contribution in [2.45, 2.75) is 66.5 Å². The Bertz CT molecular complexity index is 231. The van der Waals surface area contributed by atoms with Gasteiger partial charge in [0.1, 0.15) is 3.77 Å². The first kappa shape index (κ1) is 17.5. The Hall–Kier alpha value is 0.487. The predicted octanol–water partition coefficient (Wildman–Crippen LogP) is 5.51. The molecule has 0 aliphatic heterocycles. The van der Waals surface area contributed by atoms with E-state index in [1.807, 2.05) is 0 Å². The van der Waals surface area contributed by atoms with Crippen LogP contribution in [0.1, 0.15) is 53.4 Å². The molecule has 0 amide bonds. The van der Waals surface area contributed by atoms with Crippen molar-refractivity contribution in [3.8, 4) is 0 Å². The minimum Gasteiger partial charge on any atom is -0.543 e. The average molecular weight is 368 g/mol. The van der Waals surface area contributed by atoms with Crippen molar-refractivity contribution in [3.05, 3.63) is 9.84 Å². The summed E-state index contributed by atoms with van der Waals surface area (Å²) in [5.41, 5.74) is 0.339. The van der Waals surface area contributed by atoms with Crippen molar-refractivity contribution in [1.82, 2.24) is 0 Å². The summed E-state index contributed by atoms with van der Waals surface area (Å²) in [6.07, 6.45) is 7.61. The number of allylic oxidation sites excluding steroid dienone is 1. The van der Waals surface area contributed by atoms with Crippen molar-refractivity contribution >= 4 is 31.6 Å². The van der Waals surface area contributed by atoms with E-state index < -0.39 is 9.04 Å². The van der Waals surface area contributed by atoms with E-state index in [9.17, 15) is 0 Å². The van der Waals surface area contributed by atoms with Crippen LogP contribution in [0, 0.1) is 11.3 Å². The number of hydrogen-bond acceptors (Lipinski definition) is 1. The summed E-state index contributed by atoms with van der Waals surface area (Å²) in [6, 6.07) is 0. The van der Waals surface area contributed by atoms with Crippen molar-refractivity contribution in [2.24, 2.45) is 11.3 Å². The molecule has 1 atom stereocenters. The molecule has 0 aliphatic rings. The van der Waals surface area contributed by atoms with Gasteiger partial charge in [-0.05, 0) is 59.5 Å². The molecule has 0 aromatic rings. The highest BCUT2D eigenvalue weighted by atomic mass is 127. The van der Waals surface area contributed by atoms with Gasteiger partial charge >= 0.3 is 0 Å². The monoisotopic (exact) mass is 368 g/mol. The second kappa shape index (κ2) is 8.56. The Morgan fingerprint density at radius 1 is 1.29 bits per heavy atom. The molecule has 1 unspecified atom stereocenters.